The van der Waals surface area contributed by atoms with Crippen LogP contribution >= 0.6 is 11.6 Å². The fraction of sp³-hybridized carbons (Fsp3) is 0.533. The molecule has 1 aliphatic heterocycles. The van der Waals surface area contributed by atoms with E-state index in [2.05, 4.69) is 10.6 Å². The number of halogens is 2. The predicted octanol–water partition coefficient (Wildman–Crippen LogP) is 3.34. The van der Waals surface area contributed by atoms with Gasteiger partial charge in [0.2, 0.25) is 5.91 Å². The first-order valence-electron chi connectivity index (χ1n) is 7.15. The first-order chi connectivity index (χ1) is 9.63. The molecule has 2 fully saturated rings. The van der Waals surface area contributed by atoms with Crippen molar-refractivity contribution in [1.82, 2.24) is 5.32 Å². The lowest BCUT2D eigenvalue weighted by Gasteiger charge is -2.24. The number of nitrogens with one attached hydrogen (secondary N) is 2. The molecule has 1 aromatic carbocycles. The van der Waals surface area contributed by atoms with Crippen LogP contribution in [0.1, 0.15) is 32.1 Å². The van der Waals surface area contributed by atoms with Gasteiger partial charge >= 0.3 is 0 Å². The van der Waals surface area contributed by atoms with Crippen molar-refractivity contribution >= 4 is 23.2 Å². The van der Waals surface area contributed by atoms with Crippen LogP contribution in [0.15, 0.2) is 18.2 Å². The molecular weight excluding hydrogens is 279 g/mol. The molecule has 3 unspecified atom stereocenters. The molecule has 0 radical (unpaired) electrons. The van der Waals surface area contributed by atoms with Crippen molar-refractivity contribution in [3.05, 3.63) is 29.0 Å². The Morgan fingerprint density at radius 1 is 1.35 bits per heavy atom. The highest BCUT2D eigenvalue weighted by molar-refractivity contribution is 6.33. The van der Waals surface area contributed by atoms with Gasteiger partial charge in [0.1, 0.15) is 5.82 Å². The van der Waals surface area contributed by atoms with Crippen LogP contribution in [-0.2, 0) is 4.79 Å². The molecule has 1 amide bonds. The number of carbonyl (C=O) groups is 1. The monoisotopic (exact) mass is 296 g/mol. The number of hydrogen-bond acceptors (Lipinski definition) is 2. The third-order valence-electron chi connectivity index (χ3n) is 4.37. The minimum Gasteiger partial charge on any atom is -0.323 e. The Morgan fingerprint density at radius 3 is 2.95 bits per heavy atom. The summed E-state index contributed by atoms with van der Waals surface area (Å²) in [5, 5.41) is 6.48. The van der Waals surface area contributed by atoms with Crippen LogP contribution in [0.25, 0.3) is 0 Å². The number of hydrogen-bond donors (Lipinski definition) is 2. The predicted molar refractivity (Wildman–Crippen MR) is 77.3 cm³/mol. The van der Waals surface area contributed by atoms with E-state index in [1.807, 2.05) is 0 Å². The highest BCUT2D eigenvalue weighted by Gasteiger charge is 2.38. The minimum absolute atomic E-state index is 0.119. The first kappa shape index (κ1) is 13.8. The maximum absolute atomic E-state index is 13.2. The zero-order chi connectivity index (χ0) is 14.1. The maximum atomic E-state index is 13.2. The highest BCUT2D eigenvalue weighted by atomic mass is 35.5. The van der Waals surface area contributed by atoms with Crippen molar-refractivity contribution in [2.45, 2.75) is 44.2 Å². The molecule has 3 rings (SSSR count). The second-order valence-corrected chi connectivity index (χ2v) is 6.13. The standard InChI is InChI=1S/C15H18ClFN2O/c16-11-6-5-10(17)8-13(11)19-15(20)14-7-9-3-1-2-4-12(9)18-14/h5-6,8-9,12,14,18H,1-4,7H2,(H,19,20). The van der Waals surface area contributed by atoms with Gasteiger partial charge < -0.3 is 10.6 Å². The smallest absolute Gasteiger partial charge is 0.241 e. The number of carbonyl (C=O) groups excluding carboxylic acids is 1. The van der Waals surface area contributed by atoms with Crippen molar-refractivity contribution < 1.29 is 9.18 Å². The molecule has 1 saturated carbocycles. The Labute approximate surface area is 122 Å². The summed E-state index contributed by atoms with van der Waals surface area (Å²) in [6.07, 6.45) is 5.70. The maximum Gasteiger partial charge on any atom is 0.241 e. The molecule has 0 bridgehead atoms. The van der Waals surface area contributed by atoms with Gasteiger partial charge in [-0.25, -0.2) is 4.39 Å². The van der Waals surface area contributed by atoms with Crippen LogP contribution in [0.5, 0.6) is 0 Å². The third-order valence-corrected chi connectivity index (χ3v) is 4.70. The van der Waals surface area contributed by atoms with Crippen LogP contribution in [-0.4, -0.2) is 18.0 Å². The van der Waals surface area contributed by atoms with Crippen molar-refractivity contribution in [3.63, 3.8) is 0 Å². The summed E-state index contributed by atoms with van der Waals surface area (Å²) in [7, 11) is 0. The van der Waals surface area contributed by atoms with E-state index in [0.29, 0.717) is 22.7 Å². The lowest BCUT2D eigenvalue weighted by atomic mass is 9.85. The average Bonchev–Trinajstić information content (AvgIpc) is 2.87. The molecule has 0 aromatic heterocycles. The van der Waals surface area contributed by atoms with Gasteiger partial charge in [0, 0.05) is 6.04 Å². The quantitative estimate of drug-likeness (QED) is 0.879. The molecule has 0 spiro atoms. The van der Waals surface area contributed by atoms with E-state index in [-0.39, 0.29) is 11.9 Å². The molecule has 3 nitrogen and oxygen atoms in total. The number of fused-ring (bicyclic) bond motifs is 1. The Hall–Kier alpha value is -1.13. The average molecular weight is 297 g/mol. The summed E-state index contributed by atoms with van der Waals surface area (Å²) in [5.74, 6) is 0.0760. The van der Waals surface area contributed by atoms with E-state index < -0.39 is 5.82 Å². The largest absolute Gasteiger partial charge is 0.323 e. The molecule has 2 aliphatic rings. The summed E-state index contributed by atoms with van der Waals surface area (Å²) < 4.78 is 13.2. The van der Waals surface area contributed by atoms with Crippen LogP contribution in [0.2, 0.25) is 5.02 Å². The van der Waals surface area contributed by atoms with E-state index in [4.69, 9.17) is 11.6 Å². The lowest BCUT2D eigenvalue weighted by molar-refractivity contribution is -0.117. The summed E-state index contributed by atoms with van der Waals surface area (Å²) in [6.45, 7) is 0. The normalized spacial score (nSPS) is 29.0. The van der Waals surface area contributed by atoms with Gasteiger partial charge in [-0.1, -0.05) is 24.4 Å². The molecule has 1 heterocycles. The molecule has 2 N–H and O–H groups in total. The van der Waals surface area contributed by atoms with Crippen LogP contribution < -0.4 is 10.6 Å². The number of amides is 1. The zero-order valence-corrected chi connectivity index (χ0v) is 11.9. The molecule has 20 heavy (non-hydrogen) atoms. The summed E-state index contributed by atoms with van der Waals surface area (Å²) in [6, 6.07) is 4.25. The summed E-state index contributed by atoms with van der Waals surface area (Å²) in [4.78, 5) is 12.3. The van der Waals surface area contributed by atoms with Crippen molar-refractivity contribution in [2.75, 3.05) is 5.32 Å². The van der Waals surface area contributed by atoms with Crippen LogP contribution in [0, 0.1) is 11.7 Å². The molecule has 1 aromatic rings. The van der Waals surface area contributed by atoms with Gasteiger partial charge in [-0.05, 0) is 43.4 Å². The van der Waals surface area contributed by atoms with Crippen molar-refractivity contribution in [1.29, 1.82) is 0 Å². The summed E-state index contributed by atoms with van der Waals surface area (Å²) in [5.41, 5.74) is 0.341. The number of benzene rings is 1. The van der Waals surface area contributed by atoms with Crippen molar-refractivity contribution in [2.24, 2.45) is 5.92 Å². The molecule has 3 atom stereocenters. The van der Waals surface area contributed by atoms with E-state index in [9.17, 15) is 9.18 Å². The first-order valence-corrected chi connectivity index (χ1v) is 7.53. The fourth-order valence-corrected chi connectivity index (χ4v) is 3.50. The van der Waals surface area contributed by atoms with Crippen molar-refractivity contribution in [3.8, 4) is 0 Å². The Morgan fingerprint density at radius 2 is 2.15 bits per heavy atom. The number of rotatable bonds is 2. The minimum atomic E-state index is -0.405. The van der Waals surface area contributed by atoms with Crippen LogP contribution in [0.3, 0.4) is 0 Å². The van der Waals surface area contributed by atoms with Crippen LogP contribution in [0.4, 0.5) is 10.1 Å². The van der Waals surface area contributed by atoms with E-state index in [1.54, 1.807) is 0 Å². The number of anilines is 1. The van der Waals surface area contributed by atoms with E-state index in [1.165, 1.54) is 37.5 Å². The van der Waals surface area contributed by atoms with E-state index >= 15 is 0 Å². The second-order valence-electron chi connectivity index (χ2n) is 5.72. The molecule has 1 aliphatic carbocycles. The van der Waals surface area contributed by atoms with Gasteiger partial charge in [0.15, 0.2) is 0 Å². The summed E-state index contributed by atoms with van der Waals surface area (Å²) >= 11 is 5.97. The van der Waals surface area contributed by atoms with Gasteiger partial charge in [-0.2, -0.15) is 0 Å². The molecule has 108 valence electrons. The zero-order valence-electron chi connectivity index (χ0n) is 11.2. The topological polar surface area (TPSA) is 41.1 Å². The SMILES string of the molecule is O=C(Nc1cc(F)ccc1Cl)C1CC2CCCCC2N1. The van der Waals surface area contributed by atoms with Gasteiger partial charge in [-0.15, -0.1) is 0 Å². The fourth-order valence-electron chi connectivity index (χ4n) is 3.33. The van der Waals surface area contributed by atoms with Gasteiger partial charge in [-0.3, -0.25) is 4.79 Å². The Bertz CT molecular complexity index is 509. The lowest BCUT2D eigenvalue weighted by Crippen LogP contribution is -2.39. The van der Waals surface area contributed by atoms with Gasteiger partial charge in [0.05, 0.1) is 16.8 Å². The Kier molecular flexibility index (Phi) is 3.94. The third kappa shape index (κ3) is 2.81. The second kappa shape index (κ2) is 5.70. The molecular formula is C15H18ClFN2O. The highest BCUT2D eigenvalue weighted by Crippen LogP contribution is 2.33. The molecule has 5 heteroatoms. The van der Waals surface area contributed by atoms with Gasteiger partial charge in [0.25, 0.3) is 0 Å². The molecule has 1 saturated heterocycles. The Balaban J connectivity index is 1.66. The van der Waals surface area contributed by atoms with E-state index in [0.717, 1.165) is 12.8 Å².